The number of carbonyl (C=O) groups is 1. The van der Waals surface area contributed by atoms with E-state index >= 15 is 0 Å². The number of nitrogens with zero attached hydrogens (tertiary/aromatic N) is 4. The Hall–Kier alpha value is -2.21. The molecule has 1 atom stereocenters. The number of carbonyl (C=O) groups excluding carboxylic acids is 1. The van der Waals surface area contributed by atoms with E-state index < -0.39 is 0 Å². The third kappa shape index (κ3) is 4.25. The van der Waals surface area contributed by atoms with Crippen LogP contribution in [0.25, 0.3) is 0 Å². The average molecular weight is 342 g/mol. The predicted molar refractivity (Wildman–Crippen MR) is 95.1 cm³/mol. The zero-order valence-electron chi connectivity index (χ0n) is 15.2. The molecule has 0 radical (unpaired) electrons. The second-order valence-corrected chi connectivity index (χ2v) is 6.94. The molecule has 1 aromatic heterocycles. The van der Waals surface area contributed by atoms with Gasteiger partial charge in [0.2, 0.25) is 17.7 Å². The Bertz CT molecular complexity index is 698. The molecular formula is C19H26N4O2. The Balaban J connectivity index is 1.58. The van der Waals surface area contributed by atoms with Crippen molar-refractivity contribution < 1.29 is 9.21 Å². The van der Waals surface area contributed by atoms with Gasteiger partial charge in [-0.25, -0.2) is 0 Å². The third-order valence-electron chi connectivity index (χ3n) is 4.71. The van der Waals surface area contributed by atoms with Gasteiger partial charge in [0.15, 0.2) is 0 Å². The standard InChI is InChI=1S/C19H26N4O2/c1-14(2)19-21-20-17(25-19)9-10-18(24)23-12-11-22(3)16(13-23)15-7-5-4-6-8-15/h4-8,14,16H,9-13H2,1-3H3/t16-/m1/s1. The number of hydrogen-bond donors (Lipinski definition) is 0. The van der Waals surface area contributed by atoms with Crippen molar-refractivity contribution in [3.63, 3.8) is 0 Å². The van der Waals surface area contributed by atoms with Crippen molar-refractivity contribution in [1.29, 1.82) is 0 Å². The van der Waals surface area contributed by atoms with Gasteiger partial charge in [-0.3, -0.25) is 9.69 Å². The van der Waals surface area contributed by atoms with E-state index in [9.17, 15) is 4.79 Å². The fourth-order valence-corrected chi connectivity index (χ4v) is 3.11. The number of hydrogen-bond acceptors (Lipinski definition) is 5. The Labute approximate surface area is 148 Å². The van der Waals surface area contributed by atoms with Crippen molar-refractivity contribution in [2.75, 3.05) is 26.7 Å². The fraction of sp³-hybridized carbons (Fsp3) is 0.526. The lowest BCUT2D eigenvalue weighted by atomic mass is 10.0. The molecule has 0 unspecified atom stereocenters. The molecule has 0 aliphatic carbocycles. The van der Waals surface area contributed by atoms with Crippen molar-refractivity contribution in [3.8, 4) is 0 Å². The van der Waals surface area contributed by atoms with Crippen molar-refractivity contribution in [1.82, 2.24) is 20.0 Å². The first-order chi connectivity index (χ1) is 12.0. The van der Waals surface area contributed by atoms with Crippen molar-refractivity contribution >= 4 is 5.91 Å². The number of aromatic nitrogens is 2. The first-order valence-corrected chi connectivity index (χ1v) is 8.90. The molecule has 1 aromatic carbocycles. The minimum atomic E-state index is 0.151. The summed E-state index contributed by atoms with van der Waals surface area (Å²) in [4.78, 5) is 16.9. The summed E-state index contributed by atoms with van der Waals surface area (Å²) in [5, 5.41) is 8.05. The lowest BCUT2D eigenvalue weighted by molar-refractivity contribution is -0.134. The maximum Gasteiger partial charge on any atom is 0.223 e. The number of likely N-dealkylation sites (N-methyl/N-ethyl adjacent to an activating group) is 1. The zero-order chi connectivity index (χ0) is 17.8. The molecule has 1 aliphatic heterocycles. The fourth-order valence-electron chi connectivity index (χ4n) is 3.11. The van der Waals surface area contributed by atoms with Crippen molar-refractivity contribution in [3.05, 3.63) is 47.7 Å². The lowest BCUT2D eigenvalue weighted by Crippen LogP contribution is -2.49. The molecule has 0 bridgehead atoms. The van der Waals surface area contributed by atoms with E-state index in [0.29, 0.717) is 24.6 Å². The highest BCUT2D eigenvalue weighted by Crippen LogP contribution is 2.24. The Morgan fingerprint density at radius 1 is 1.24 bits per heavy atom. The summed E-state index contributed by atoms with van der Waals surface area (Å²) in [5.41, 5.74) is 1.25. The number of aryl methyl sites for hydroxylation is 1. The van der Waals surface area contributed by atoms with E-state index in [2.05, 4.69) is 34.3 Å². The summed E-state index contributed by atoms with van der Waals surface area (Å²) >= 11 is 0. The molecule has 6 nitrogen and oxygen atoms in total. The van der Waals surface area contributed by atoms with Gasteiger partial charge in [-0.15, -0.1) is 10.2 Å². The number of amides is 1. The van der Waals surface area contributed by atoms with E-state index in [1.807, 2.05) is 36.9 Å². The Kier molecular flexibility index (Phi) is 5.48. The molecule has 3 rings (SSSR count). The molecule has 25 heavy (non-hydrogen) atoms. The molecule has 1 amide bonds. The minimum Gasteiger partial charge on any atom is -0.425 e. The van der Waals surface area contributed by atoms with Crippen LogP contribution in [-0.4, -0.2) is 52.6 Å². The highest BCUT2D eigenvalue weighted by atomic mass is 16.4. The van der Waals surface area contributed by atoms with Gasteiger partial charge in [0, 0.05) is 38.4 Å². The number of rotatable bonds is 5. The molecule has 2 aromatic rings. The molecule has 134 valence electrons. The zero-order valence-corrected chi connectivity index (χ0v) is 15.2. The van der Waals surface area contributed by atoms with Gasteiger partial charge in [0.25, 0.3) is 0 Å². The van der Waals surface area contributed by atoms with E-state index in [0.717, 1.165) is 19.6 Å². The van der Waals surface area contributed by atoms with Crippen LogP contribution in [0.15, 0.2) is 34.7 Å². The maximum atomic E-state index is 12.6. The monoisotopic (exact) mass is 342 g/mol. The van der Waals surface area contributed by atoms with E-state index in [-0.39, 0.29) is 17.9 Å². The highest BCUT2D eigenvalue weighted by Gasteiger charge is 2.28. The first-order valence-electron chi connectivity index (χ1n) is 8.90. The highest BCUT2D eigenvalue weighted by molar-refractivity contribution is 5.76. The SMILES string of the molecule is CC(C)c1nnc(CCC(=O)N2CCN(C)[C@@H](c3ccccc3)C2)o1. The predicted octanol–water partition coefficient (Wildman–Crippen LogP) is 2.64. The van der Waals surface area contributed by atoms with Crippen molar-refractivity contribution in [2.45, 2.75) is 38.6 Å². The molecule has 0 spiro atoms. The normalized spacial score (nSPS) is 18.7. The van der Waals surface area contributed by atoms with Crippen LogP contribution in [0.2, 0.25) is 0 Å². The second kappa shape index (κ2) is 7.78. The molecular weight excluding hydrogens is 316 g/mol. The largest absolute Gasteiger partial charge is 0.425 e. The molecule has 0 saturated carbocycles. The Morgan fingerprint density at radius 2 is 2.00 bits per heavy atom. The number of piperazine rings is 1. The molecule has 0 N–H and O–H groups in total. The average Bonchev–Trinajstić information content (AvgIpc) is 3.10. The summed E-state index contributed by atoms with van der Waals surface area (Å²) < 4.78 is 5.59. The first kappa shape index (κ1) is 17.6. The molecule has 1 aliphatic rings. The molecule has 2 heterocycles. The number of benzene rings is 1. The summed E-state index contributed by atoms with van der Waals surface area (Å²) in [6.07, 6.45) is 0.909. The van der Waals surface area contributed by atoms with Crippen LogP contribution in [0, 0.1) is 0 Å². The Morgan fingerprint density at radius 3 is 2.68 bits per heavy atom. The summed E-state index contributed by atoms with van der Waals surface area (Å²) in [7, 11) is 2.12. The van der Waals surface area contributed by atoms with Crippen molar-refractivity contribution in [2.24, 2.45) is 0 Å². The van der Waals surface area contributed by atoms with E-state index in [4.69, 9.17) is 4.42 Å². The van der Waals surface area contributed by atoms with Crippen LogP contribution in [0.3, 0.4) is 0 Å². The van der Waals surface area contributed by atoms with Gasteiger partial charge in [-0.1, -0.05) is 44.2 Å². The second-order valence-electron chi connectivity index (χ2n) is 6.94. The maximum absolute atomic E-state index is 12.6. The molecule has 6 heteroatoms. The van der Waals surface area contributed by atoms with Crippen LogP contribution in [-0.2, 0) is 11.2 Å². The van der Waals surface area contributed by atoms with Gasteiger partial charge in [-0.2, -0.15) is 0 Å². The van der Waals surface area contributed by atoms with Crippen LogP contribution >= 0.6 is 0 Å². The van der Waals surface area contributed by atoms with E-state index in [1.54, 1.807) is 0 Å². The van der Waals surface area contributed by atoms with Gasteiger partial charge in [-0.05, 0) is 12.6 Å². The van der Waals surface area contributed by atoms with Gasteiger partial charge in [0.1, 0.15) is 0 Å². The molecule has 1 saturated heterocycles. The topological polar surface area (TPSA) is 62.5 Å². The van der Waals surface area contributed by atoms with Gasteiger partial charge >= 0.3 is 0 Å². The lowest BCUT2D eigenvalue weighted by Gasteiger charge is -2.39. The van der Waals surface area contributed by atoms with Crippen LogP contribution in [0.5, 0.6) is 0 Å². The van der Waals surface area contributed by atoms with Crippen LogP contribution in [0.4, 0.5) is 0 Å². The van der Waals surface area contributed by atoms with Crippen LogP contribution in [0.1, 0.15) is 49.6 Å². The quantitative estimate of drug-likeness (QED) is 0.836. The smallest absolute Gasteiger partial charge is 0.223 e. The third-order valence-corrected chi connectivity index (χ3v) is 4.71. The van der Waals surface area contributed by atoms with Gasteiger partial charge in [0.05, 0.1) is 6.04 Å². The van der Waals surface area contributed by atoms with Gasteiger partial charge < -0.3 is 9.32 Å². The summed E-state index contributed by atoms with van der Waals surface area (Å²) in [6, 6.07) is 10.6. The van der Waals surface area contributed by atoms with E-state index in [1.165, 1.54) is 5.56 Å². The molecule has 1 fully saturated rings. The summed E-state index contributed by atoms with van der Waals surface area (Å²) in [6.45, 7) is 6.39. The van der Waals surface area contributed by atoms with Crippen LogP contribution < -0.4 is 0 Å². The minimum absolute atomic E-state index is 0.151. The summed E-state index contributed by atoms with van der Waals surface area (Å²) in [5.74, 6) is 1.54.